The number of aromatic nitrogens is 2. The van der Waals surface area contributed by atoms with Crippen LogP contribution in [0.15, 0.2) is 18.2 Å². The summed E-state index contributed by atoms with van der Waals surface area (Å²) >= 11 is 0. The molecule has 1 amide bonds. The largest absolute Gasteiger partial charge is 0.444 e. The molecular weight excluding hydrogens is 390 g/mol. The van der Waals surface area contributed by atoms with E-state index in [1.165, 1.54) is 36.3 Å². The summed E-state index contributed by atoms with van der Waals surface area (Å²) in [4.78, 5) is 24.2. The lowest BCUT2D eigenvalue weighted by Gasteiger charge is -2.37. The van der Waals surface area contributed by atoms with Crippen LogP contribution in [0.4, 0.5) is 10.5 Å². The van der Waals surface area contributed by atoms with Crippen LogP contribution in [0.5, 0.6) is 0 Å². The molecule has 1 aromatic carbocycles. The topological polar surface area (TPSA) is 53.8 Å². The van der Waals surface area contributed by atoms with Crippen molar-refractivity contribution in [2.75, 3.05) is 44.2 Å². The van der Waals surface area contributed by atoms with Gasteiger partial charge in [-0.2, -0.15) is 0 Å². The number of rotatable bonds is 2. The van der Waals surface area contributed by atoms with Gasteiger partial charge in [-0.1, -0.05) is 6.42 Å². The summed E-state index contributed by atoms with van der Waals surface area (Å²) in [5.41, 5.74) is 3.12. The van der Waals surface area contributed by atoms with Gasteiger partial charge in [0.15, 0.2) is 0 Å². The molecule has 31 heavy (non-hydrogen) atoms. The third kappa shape index (κ3) is 4.25. The molecule has 0 atom stereocenters. The van der Waals surface area contributed by atoms with E-state index in [4.69, 9.17) is 9.72 Å². The quantitative estimate of drug-likeness (QED) is 0.737. The Morgan fingerprint density at radius 1 is 1.03 bits per heavy atom. The van der Waals surface area contributed by atoms with E-state index in [0.29, 0.717) is 13.1 Å². The fourth-order valence-corrected chi connectivity index (χ4v) is 4.97. The minimum absolute atomic E-state index is 0.209. The molecule has 2 fully saturated rings. The zero-order chi connectivity index (χ0) is 21.6. The van der Waals surface area contributed by atoms with Crippen molar-refractivity contribution in [2.45, 2.75) is 64.6 Å². The Balaban J connectivity index is 1.28. The first-order valence-electron chi connectivity index (χ1n) is 11.8. The number of benzene rings is 1. The minimum Gasteiger partial charge on any atom is -0.444 e. The van der Waals surface area contributed by atoms with Gasteiger partial charge >= 0.3 is 6.09 Å². The molecule has 0 bridgehead atoms. The normalized spacial score (nSPS) is 21.0. The smallest absolute Gasteiger partial charge is 0.410 e. The Labute approximate surface area is 184 Å². The van der Waals surface area contributed by atoms with Gasteiger partial charge in [-0.15, -0.1) is 0 Å². The van der Waals surface area contributed by atoms with E-state index in [1.807, 2.05) is 25.7 Å². The van der Waals surface area contributed by atoms with Crippen LogP contribution in [0.3, 0.4) is 0 Å². The van der Waals surface area contributed by atoms with Gasteiger partial charge < -0.3 is 19.1 Å². The van der Waals surface area contributed by atoms with Crippen molar-refractivity contribution in [3.05, 3.63) is 24.0 Å². The average Bonchev–Trinajstić information content (AvgIpc) is 2.91. The second-order valence-electron chi connectivity index (χ2n) is 10.2. The van der Waals surface area contributed by atoms with Crippen LogP contribution in [-0.2, 0) is 17.7 Å². The van der Waals surface area contributed by atoms with Crippen LogP contribution in [0.25, 0.3) is 11.0 Å². The molecule has 7 heteroatoms. The summed E-state index contributed by atoms with van der Waals surface area (Å²) in [6, 6.07) is 7.44. The average molecular weight is 426 g/mol. The monoisotopic (exact) mass is 425 g/mol. The summed E-state index contributed by atoms with van der Waals surface area (Å²) in [5.74, 6) is 1.23. The van der Waals surface area contributed by atoms with Gasteiger partial charge in [-0.3, -0.25) is 4.90 Å². The number of carbonyl (C=O) groups excluding carboxylic acids is 1. The molecule has 2 aliphatic heterocycles. The molecule has 2 aromatic rings. The Morgan fingerprint density at radius 3 is 2.48 bits per heavy atom. The van der Waals surface area contributed by atoms with Gasteiger partial charge in [-0.25, -0.2) is 9.78 Å². The molecule has 7 nitrogen and oxygen atoms in total. The number of nitrogens with zero attached hydrogens (tertiary/aromatic N) is 5. The summed E-state index contributed by atoms with van der Waals surface area (Å²) in [7, 11) is 0. The molecule has 0 spiro atoms. The molecule has 1 aromatic heterocycles. The predicted molar refractivity (Wildman–Crippen MR) is 123 cm³/mol. The van der Waals surface area contributed by atoms with E-state index in [9.17, 15) is 4.79 Å². The van der Waals surface area contributed by atoms with Gasteiger partial charge in [0.25, 0.3) is 0 Å². The number of piperazine rings is 1. The zero-order valence-electron chi connectivity index (χ0n) is 19.1. The van der Waals surface area contributed by atoms with Gasteiger partial charge in [-0.05, 0) is 51.8 Å². The maximum absolute atomic E-state index is 12.4. The van der Waals surface area contributed by atoms with Gasteiger partial charge in [0.2, 0.25) is 0 Å². The van der Waals surface area contributed by atoms with Gasteiger partial charge in [0.1, 0.15) is 11.4 Å². The lowest BCUT2D eigenvalue weighted by molar-refractivity contribution is 0.0240. The van der Waals surface area contributed by atoms with Crippen molar-refractivity contribution < 1.29 is 9.53 Å². The SMILES string of the molecule is CC(C)(C)OC(=O)N1CCN(c2ccc3nc4n(c3c2)CCN(C2CCC2)CC4)CC1. The van der Waals surface area contributed by atoms with E-state index < -0.39 is 5.60 Å². The summed E-state index contributed by atoms with van der Waals surface area (Å²) < 4.78 is 7.97. The van der Waals surface area contributed by atoms with E-state index in [1.54, 1.807) is 0 Å². The molecule has 5 rings (SSSR count). The molecule has 0 radical (unpaired) electrons. The third-order valence-electron chi connectivity index (χ3n) is 6.93. The van der Waals surface area contributed by atoms with Gasteiger partial charge in [0.05, 0.1) is 11.0 Å². The fraction of sp³-hybridized carbons (Fsp3) is 0.667. The van der Waals surface area contributed by atoms with Crippen LogP contribution in [0.2, 0.25) is 0 Å². The number of carbonyl (C=O) groups is 1. The summed E-state index contributed by atoms with van der Waals surface area (Å²) in [5, 5.41) is 0. The van der Waals surface area contributed by atoms with E-state index in [2.05, 4.69) is 32.6 Å². The Bertz CT molecular complexity index is 951. The van der Waals surface area contributed by atoms with Crippen molar-refractivity contribution in [3.8, 4) is 0 Å². The number of hydrogen-bond donors (Lipinski definition) is 0. The lowest BCUT2D eigenvalue weighted by Crippen LogP contribution is -2.50. The third-order valence-corrected chi connectivity index (χ3v) is 6.93. The maximum Gasteiger partial charge on any atom is 0.410 e. The summed E-state index contributed by atoms with van der Waals surface area (Å²) in [6.07, 6.45) is 4.94. The van der Waals surface area contributed by atoms with Crippen molar-refractivity contribution >= 4 is 22.8 Å². The number of ether oxygens (including phenoxy) is 1. The van der Waals surface area contributed by atoms with Crippen LogP contribution in [-0.4, -0.2) is 76.4 Å². The minimum atomic E-state index is -0.451. The number of amides is 1. The standard InChI is InChI=1S/C24H35N5O2/c1-24(2,3)31-23(30)28-13-11-27(12-14-28)19-7-8-20-21(17-19)29-16-15-26(18-5-4-6-18)10-9-22(29)25-20/h7-8,17-18H,4-6,9-16H2,1-3H3. The van der Waals surface area contributed by atoms with Gasteiger partial charge in [0, 0.05) is 64.0 Å². The molecule has 1 saturated carbocycles. The molecule has 3 aliphatic rings. The number of fused-ring (bicyclic) bond motifs is 3. The first-order valence-corrected chi connectivity index (χ1v) is 11.8. The summed E-state index contributed by atoms with van der Waals surface area (Å²) in [6.45, 7) is 12.0. The zero-order valence-corrected chi connectivity index (χ0v) is 19.1. The first kappa shape index (κ1) is 20.6. The van der Waals surface area contributed by atoms with Crippen molar-refractivity contribution in [1.82, 2.24) is 19.4 Å². The number of anilines is 1. The first-order chi connectivity index (χ1) is 14.9. The molecule has 0 unspecified atom stereocenters. The molecular formula is C24H35N5O2. The second kappa shape index (κ2) is 8.01. The highest BCUT2D eigenvalue weighted by Crippen LogP contribution is 2.29. The second-order valence-corrected chi connectivity index (χ2v) is 10.2. The van der Waals surface area contributed by atoms with Crippen LogP contribution in [0, 0.1) is 0 Å². The number of hydrogen-bond acceptors (Lipinski definition) is 5. The highest BCUT2D eigenvalue weighted by atomic mass is 16.6. The van der Waals surface area contributed by atoms with E-state index >= 15 is 0 Å². The highest BCUT2D eigenvalue weighted by molar-refractivity contribution is 5.81. The van der Waals surface area contributed by atoms with E-state index in [0.717, 1.165) is 50.7 Å². The Kier molecular flexibility index (Phi) is 5.32. The predicted octanol–water partition coefficient (Wildman–Crippen LogP) is 3.50. The molecule has 1 saturated heterocycles. The molecule has 168 valence electrons. The van der Waals surface area contributed by atoms with Crippen molar-refractivity contribution in [1.29, 1.82) is 0 Å². The van der Waals surface area contributed by atoms with Crippen molar-refractivity contribution in [3.63, 3.8) is 0 Å². The number of imidazole rings is 1. The molecule has 0 N–H and O–H groups in total. The van der Waals surface area contributed by atoms with Crippen LogP contribution < -0.4 is 4.90 Å². The fourth-order valence-electron chi connectivity index (χ4n) is 4.97. The lowest BCUT2D eigenvalue weighted by atomic mass is 9.91. The van der Waals surface area contributed by atoms with Crippen molar-refractivity contribution in [2.24, 2.45) is 0 Å². The Morgan fingerprint density at radius 2 is 1.81 bits per heavy atom. The Hall–Kier alpha value is -2.28. The van der Waals surface area contributed by atoms with Crippen LogP contribution >= 0.6 is 0 Å². The molecule has 1 aliphatic carbocycles. The molecule has 3 heterocycles. The highest BCUT2D eigenvalue weighted by Gasteiger charge is 2.28. The maximum atomic E-state index is 12.4. The van der Waals surface area contributed by atoms with Crippen LogP contribution in [0.1, 0.15) is 45.9 Å². The van der Waals surface area contributed by atoms with E-state index in [-0.39, 0.29) is 6.09 Å².